The Hall–Kier alpha value is -2.21. The minimum atomic E-state index is -0.451. The summed E-state index contributed by atoms with van der Waals surface area (Å²) in [6, 6.07) is 6.29. The molecule has 0 saturated carbocycles. The van der Waals surface area contributed by atoms with E-state index in [0.29, 0.717) is 31.3 Å². The van der Waals surface area contributed by atoms with Crippen LogP contribution in [-0.4, -0.2) is 34.3 Å². The quantitative estimate of drug-likeness (QED) is 0.939. The molecule has 5 nitrogen and oxygen atoms in total. The molecule has 3 rings (SSSR count). The molecule has 1 fully saturated rings. The molecule has 1 aliphatic heterocycles. The average Bonchev–Trinajstić information content (AvgIpc) is 2.91. The number of benzene rings is 1. The first-order valence-corrected chi connectivity index (χ1v) is 7.32. The molecule has 2 atom stereocenters. The van der Waals surface area contributed by atoms with E-state index in [1.807, 2.05) is 11.8 Å². The van der Waals surface area contributed by atoms with Gasteiger partial charge in [-0.05, 0) is 31.0 Å². The Bertz CT molecular complexity index is 636. The summed E-state index contributed by atoms with van der Waals surface area (Å²) in [6.07, 6.45) is 3.34. The third-order valence-electron chi connectivity index (χ3n) is 3.72. The molecular weight excluding hydrogens is 285 g/mol. The highest BCUT2D eigenvalue weighted by molar-refractivity contribution is 5.44. The summed E-state index contributed by atoms with van der Waals surface area (Å²) < 4.78 is 18.5. The Kier molecular flexibility index (Phi) is 4.20. The van der Waals surface area contributed by atoms with Crippen LogP contribution in [0.4, 0.5) is 10.2 Å². The first kappa shape index (κ1) is 14.7. The summed E-state index contributed by atoms with van der Waals surface area (Å²) >= 11 is 0. The van der Waals surface area contributed by atoms with Crippen molar-refractivity contribution in [1.82, 2.24) is 9.97 Å². The Morgan fingerprint density at radius 3 is 2.82 bits per heavy atom. The molecule has 0 bridgehead atoms. The minimum Gasteiger partial charge on any atom is -0.477 e. The second-order valence-corrected chi connectivity index (χ2v) is 5.26. The highest BCUT2D eigenvalue weighted by Crippen LogP contribution is 2.35. The second-order valence-electron chi connectivity index (χ2n) is 5.26. The van der Waals surface area contributed by atoms with E-state index in [4.69, 9.17) is 4.74 Å². The van der Waals surface area contributed by atoms with Crippen molar-refractivity contribution in [3.8, 4) is 5.88 Å². The van der Waals surface area contributed by atoms with Crippen molar-refractivity contribution in [2.75, 3.05) is 18.1 Å². The van der Waals surface area contributed by atoms with E-state index in [9.17, 15) is 9.50 Å². The molecule has 0 amide bonds. The molecule has 22 heavy (non-hydrogen) atoms. The zero-order chi connectivity index (χ0) is 15.5. The van der Waals surface area contributed by atoms with E-state index in [0.717, 1.165) is 5.56 Å². The number of aliphatic hydroxyl groups excluding tert-OH is 1. The lowest BCUT2D eigenvalue weighted by Crippen LogP contribution is -2.25. The standard InChI is InChI=1S/C16H18FN3O2/c1-2-22-16-9-18-8-15(19-16)20-10-13(21)7-14(20)11-3-5-12(17)6-4-11/h3-6,8-9,13-14,21H,2,7,10H2,1H3/t13-,14+/m1/s1. The Morgan fingerprint density at radius 2 is 2.09 bits per heavy atom. The number of rotatable bonds is 4. The van der Waals surface area contributed by atoms with E-state index in [2.05, 4.69) is 9.97 Å². The number of aliphatic hydroxyl groups is 1. The lowest BCUT2D eigenvalue weighted by atomic mass is 10.0. The molecule has 2 heterocycles. The molecule has 1 aromatic heterocycles. The molecule has 1 aromatic carbocycles. The van der Waals surface area contributed by atoms with E-state index in [1.165, 1.54) is 12.1 Å². The second kappa shape index (κ2) is 6.27. The van der Waals surface area contributed by atoms with Crippen LogP contribution >= 0.6 is 0 Å². The van der Waals surface area contributed by atoms with E-state index in [-0.39, 0.29) is 11.9 Å². The molecule has 116 valence electrons. The molecule has 0 radical (unpaired) electrons. The van der Waals surface area contributed by atoms with Crippen LogP contribution in [0.5, 0.6) is 5.88 Å². The molecule has 1 N–H and O–H groups in total. The highest BCUT2D eigenvalue weighted by Gasteiger charge is 2.33. The van der Waals surface area contributed by atoms with Gasteiger partial charge in [0.15, 0.2) is 5.82 Å². The molecule has 1 aliphatic rings. The van der Waals surface area contributed by atoms with Crippen LogP contribution in [0.25, 0.3) is 0 Å². The summed E-state index contributed by atoms with van der Waals surface area (Å²) in [5.41, 5.74) is 0.946. The summed E-state index contributed by atoms with van der Waals surface area (Å²) in [5.74, 6) is 0.836. The number of hydrogen-bond donors (Lipinski definition) is 1. The normalized spacial score (nSPS) is 21.1. The molecule has 2 aromatic rings. The fourth-order valence-electron chi connectivity index (χ4n) is 2.76. The van der Waals surface area contributed by atoms with E-state index < -0.39 is 6.10 Å². The van der Waals surface area contributed by atoms with E-state index >= 15 is 0 Å². The van der Waals surface area contributed by atoms with Crippen LogP contribution in [0.3, 0.4) is 0 Å². The zero-order valence-electron chi connectivity index (χ0n) is 12.3. The predicted octanol–water partition coefficient (Wildman–Crippen LogP) is 2.33. The van der Waals surface area contributed by atoms with Crippen LogP contribution in [-0.2, 0) is 0 Å². The summed E-state index contributed by atoms with van der Waals surface area (Å²) in [4.78, 5) is 10.6. The maximum atomic E-state index is 13.1. The number of ether oxygens (including phenoxy) is 1. The number of aromatic nitrogens is 2. The number of hydrogen-bond acceptors (Lipinski definition) is 5. The highest BCUT2D eigenvalue weighted by atomic mass is 19.1. The molecule has 6 heteroatoms. The molecule has 1 saturated heterocycles. The van der Waals surface area contributed by atoms with Crippen LogP contribution in [0.2, 0.25) is 0 Å². The van der Waals surface area contributed by atoms with Crippen molar-refractivity contribution < 1.29 is 14.2 Å². The van der Waals surface area contributed by atoms with Gasteiger partial charge in [-0.15, -0.1) is 0 Å². The fourth-order valence-corrected chi connectivity index (χ4v) is 2.76. The fraction of sp³-hybridized carbons (Fsp3) is 0.375. The SMILES string of the molecule is CCOc1cncc(N2C[C@H](O)C[C@H]2c2ccc(F)cc2)n1. The van der Waals surface area contributed by atoms with Gasteiger partial charge in [-0.3, -0.25) is 4.98 Å². The lowest BCUT2D eigenvalue weighted by Gasteiger charge is -2.25. The smallest absolute Gasteiger partial charge is 0.234 e. The minimum absolute atomic E-state index is 0.0539. The first-order valence-electron chi connectivity index (χ1n) is 7.32. The number of halogens is 1. The van der Waals surface area contributed by atoms with Crippen LogP contribution < -0.4 is 9.64 Å². The van der Waals surface area contributed by atoms with Gasteiger partial charge < -0.3 is 14.7 Å². The van der Waals surface area contributed by atoms with Crippen molar-refractivity contribution in [1.29, 1.82) is 0 Å². The number of nitrogens with zero attached hydrogens (tertiary/aromatic N) is 3. The van der Waals surface area contributed by atoms with Crippen LogP contribution in [0.1, 0.15) is 24.9 Å². The van der Waals surface area contributed by atoms with Gasteiger partial charge in [-0.25, -0.2) is 4.39 Å². The van der Waals surface area contributed by atoms with Gasteiger partial charge in [0.25, 0.3) is 0 Å². The third kappa shape index (κ3) is 3.01. The van der Waals surface area contributed by atoms with Crippen LogP contribution in [0.15, 0.2) is 36.7 Å². The summed E-state index contributed by atoms with van der Waals surface area (Å²) in [7, 11) is 0. The van der Waals surface area contributed by atoms with Crippen LogP contribution in [0, 0.1) is 5.82 Å². The zero-order valence-corrected chi connectivity index (χ0v) is 12.3. The molecule has 0 spiro atoms. The van der Waals surface area contributed by atoms with Gasteiger partial charge in [0.2, 0.25) is 5.88 Å². The van der Waals surface area contributed by atoms with Gasteiger partial charge >= 0.3 is 0 Å². The largest absolute Gasteiger partial charge is 0.477 e. The maximum absolute atomic E-state index is 13.1. The maximum Gasteiger partial charge on any atom is 0.234 e. The molecular formula is C16H18FN3O2. The summed E-state index contributed by atoms with van der Waals surface area (Å²) in [6.45, 7) is 2.86. The molecule has 0 aliphatic carbocycles. The Labute approximate surface area is 128 Å². The van der Waals surface area contributed by atoms with Crippen molar-refractivity contribution >= 4 is 5.82 Å². The van der Waals surface area contributed by atoms with Crippen molar-refractivity contribution in [3.63, 3.8) is 0 Å². The van der Waals surface area contributed by atoms with Crippen molar-refractivity contribution in [3.05, 3.63) is 48.0 Å². The van der Waals surface area contributed by atoms with Crippen molar-refractivity contribution in [2.24, 2.45) is 0 Å². The number of β-amino-alcohol motifs (C(OH)–C–C–N with tert-alkyl or cyclic N) is 1. The number of anilines is 1. The summed E-state index contributed by atoms with van der Waals surface area (Å²) in [5, 5.41) is 10.0. The van der Waals surface area contributed by atoms with E-state index in [1.54, 1.807) is 24.5 Å². The third-order valence-corrected chi connectivity index (χ3v) is 3.72. The monoisotopic (exact) mass is 303 g/mol. The van der Waals surface area contributed by atoms with Gasteiger partial charge in [0.05, 0.1) is 31.1 Å². The Morgan fingerprint density at radius 1 is 1.32 bits per heavy atom. The van der Waals surface area contributed by atoms with Gasteiger partial charge in [0.1, 0.15) is 5.82 Å². The van der Waals surface area contributed by atoms with Gasteiger partial charge in [-0.2, -0.15) is 4.98 Å². The topological polar surface area (TPSA) is 58.5 Å². The average molecular weight is 303 g/mol. The first-order chi connectivity index (χ1) is 10.7. The van der Waals surface area contributed by atoms with Gasteiger partial charge in [-0.1, -0.05) is 12.1 Å². The van der Waals surface area contributed by atoms with Crippen molar-refractivity contribution in [2.45, 2.75) is 25.5 Å². The lowest BCUT2D eigenvalue weighted by molar-refractivity contribution is 0.194. The van der Waals surface area contributed by atoms with Gasteiger partial charge in [0, 0.05) is 6.54 Å². The predicted molar refractivity (Wildman–Crippen MR) is 80.3 cm³/mol. The molecule has 0 unspecified atom stereocenters. The Balaban J connectivity index is 1.90.